The van der Waals surface area contributed by atoms with Gasteiger partial charge in [-0.05, 0) is 34.1 Å². The summed E-state index contributed by atoms with van der Waals surface area (Å²) in [4.78, 5) is 29.7. The Labute approximate surface area is 123 Å². The van der Waals surface area contributed by atoms with Crippen LogP contribution >= 0.6 is 15.9 Å². The molecule has 2 aromatic rings. The van der Waals surface area contributed by atoms with Gasteiger partial charge in [-0.3, -0.25) is 19.5 Å². The quantitative estimate of drug-likeness (QED) is 0.873. The number of nitrogens with zero attached hydrogens (tertiary/aromatic N) is 2. The molecule has 0 bridgehead atoms. The van der Waals surface area contributed by atoms with Gasteiger partial charge in [0.1, 0.15) is 6.54 Å². The van der Waals surface area contributed by atoms with E-state index in [4.69, 9.17) is 0 Å². The molecule has 2 heterocycles. The third-order valence-electron chi connectivity index (χ3n) is 2.97. The Morgan fingerprint density at radius 1 is 1.30 bits per heavy atom. The van der Waals surface area contributed by atoms with Crippen LogP contribution in [0.4, 0.5) is 11.4 Å². The first kappa shape index (κ1) is 12.8. The molecule has 0 spiro atoms. The molecule has 0 saturated heterocycles. The number of benzene rings is 1. The van der Waals surface area contributed by atoms with Crippen LogP contribution in [0.15, 0.2) is 47.2 Å². The van der Waals surface area contributed by atoms with E-state index in [0.717, 1.165) is 4.47 Å². The van der Waals surface area contributed by atoms with E-state index in [1.165, 1.54) is 11.1 Å². The zero-order valence-electron chi connectivity index (χ0n) is 10.3. The predicted molar refractivity (Wildman–Crippen MR) is 78.7 cm³/mol. The van der Waals surface area contributed by atoms with Crippen molar-refractivity contribution >= 4 is 39.1 Å². The summed E-state index contributed by atoms with van der Waals surface area (Å²) in [6.45, 7) is 0.00234. The number of nitrogens with one attached hydrogen (secondary N) is 1. The number of carbonyl (C=O) groups is 2. The SMILES string of the molecule is O=C1CN(C(=O)c2cncc(Br)c2)c2ccccc2N1. The molecule has 0 atom stereocenters. The fourth-order valence-corrected chi connectivity index (χ4v) is 2.46. The third-order valence-corrected chi connectivity index (χ3v) is 3.40. The first-order chi connectivity index (χ1) is 9.65. The number of aromatic nitrogens is 1. The fourth-order valence-electron chi connectivity index (χ4n) is 2.10. The average molecular weight is 332 g/mol. The van der Waals surface area contributed by atoms with Crippen molar-refractivity contribution < 1.29 is 9.59 Å². The molecule has 0 fully saturated rings. The number of hydrogen-bond donors (Lipinski definition) is 1. The van der Waals surface area contributed by atoms with Crippen LogP contribution < -0.4 is 10.2 Å². The standard InChI is InChI=1S/C14H10BrN3O2/c15-10-5-9(6-16-7-10)14(20)18-8-13(19)17-11-3-1-2-4-12(11)18/h1-7H,8H2,(H,17,19). The van der Waals surface area contributed by atoms with Crippen molar-refractivity contribution in [2.75, 3.05) is 16.8 Å². The lowest BCUT2D eigenvalue weighted by molar-refractivity contribution is -0.115. The van der Waals surface area contributed by atoms with Crippen LogP contribution in [0.25, 0.3) is 0 Å². The van der Waals surface area contributed by atoms with E-state index in [-0.39, 0.29) is 18.4 Å². The number of pyridine rings is 1. The molecule has 0 aliphatic carbocycles. The molecule has 6 heteroatoms. The van der Waals surface area contributed by atoms with Crippen LogP contribution in [-0.2, 0) is 4.79 Å². The van der Waals surface area contributed by atoms with Crippen molar-refractivity contribution in [2.24, 2.45) is 0 Å². The highest BCUT2D eigenvalue weighted by Crippen LogP contribution is 2.30. The maximum absolute atomic E-state index is 12.5. The van der Waals surface area contributed by atoms with Crippen molar-refractivity contribution in [2.45, 2.75) is 0 Å². The lowest BCUT2D eigenvalue weighted by atomic mass is 10.1. The van der Waals surface area contributed by atoms with Gasteiger partial charge < -0.3 is 5.32 Å². The summed E-state index contributed by atoms with van der Waals surface area (Å²) in [6.07, 6.45) is 3.09. The Morgan fingerprint density at radius 2 is 2.10 bits per heavy atom. The Bertz CT molecular complexity index is 702. The van der Waals surface area contributed by atoms with Gasteiger partial charge >= 0.3 is 0 Å². The van der Waals surface area contributed by atoms with E-state index in [9.17, 15) is 9.59 Å². The van der Waals surface area contributed by atoms with Gasteiger partial charge in [0.05, 0.1) is 16.9 Å². The molecular weight excluding hydrogens is 322 g/mol. The molecule has 100 valence electrons. The van der Waals surface area contributed by atoms with E-state index in [2.05, 4.69) is 26.2 Å². The van der Waals surface area contributed by atoms with E-state index in [1.54, 1.807) is 24.4 Å². The van der Waals surface area contributed by atoms with Crippen molar-refractivity contribution in [1.29, 1.82) is 0 Å². The molecule has 1 N–H and O–H groups in total. The normalized spacial score (nSPS) is 13.7. The molecule has 20 heavy (non-hydrogen) atoms. The van der Waals surface area contributed by atoms with Gasteiger partial charge in [0, 0.05) is 16.9 Å². The summed E-state index contributed by atoms with van der Waals surface area (Å²) in [5, 5.41) is 2.75. The molecule has 5 nitrogen and oxygen atoms in total. The van der Waals surface area contributed by atoms with Gasteiger partial charge in [0.25, 0.3) is 5.91 Å². The first-order valence-electron chi connectivity index (χ1n) is 5.96. The largest absolute Gasteiger partial charge is 0.323 e. The molecule has 1 aromatic heterocycles. The highest BCUT2D eigenvalue weighted by atomic mass is 79.9. The molecule has 1 aliphatic heterocycles. The number of anilines is 2. The van der Waals surface area contributed by atoms with Gasteiger partial charge in [-0.25, -0.2) is 0 Å². The molecule has 1 aromatic carbocycles. The third kappa shape index (κ3) is 2.30. The second-order valence-corrected chi connectivity index (χ2v) is 5.26. The maximum atomic E-state index is 12.5. The summed E-state index contributed by atoms with van der Waals surface area (Å²) in [5.74, 6) is -0.457. The van der Waals surface area contributed by atoms with E-state index < -0.39 is 0 Å². The van der Waals surface area contributed by atoms with Gasteiger partial charge in [-0.1, -0.05) is 12.1 Å². The number of rotatable bonds is 1. The zero-order chi connectivity index (χ0) is 14.1. The van der Waals surface area contributed by atoms with Gasteiger partial charge in [0.15, 0.2) is 0 Å². The predicted octanol–water partition coefficient (Wildman–Crippen LogP) is 2.44. The first-order valence-corrected chi connectivity index (χ1v) is 6.76. The number of hydrogen-bond acceptors (Lipinski definition) is 3. The Kier molecular flexibility index (Phi) is 3.23. The number of fused-ring (bicyclic) bond motifs is 1. The summed E-state index contributed by atoms with van der Waals surface area (Å²) >= 11 is 3.29. The molecule has 1 aliphatic rings. The summed E-state index contributed by atoms with van der Waals surface area (Å²) in [5.41, 5.74) is 1.76. The Morgan fingerprint density at radius 3 is 2.90 bits per heavy atom. The number of para-hydroxylation sites is 2. The second kappa shape index (κ2) is 5.05. The second-order valence-electron chi connectivity index (χ2n) is 4.35. The highest BCUT2D eigenvalue weighted by Gasteiger charge is 2.27. The number of halogens is 1. The molecule has 0 saturated carbocycles. The Balaban J connectivity index is 2.02. The van der Waals surface area contributed by atoms with Crippen molar-refractivity contribution in [3.8, 4) is 0 Å². The molecule has 0 unspecified atom stereocenters. The minimum Gasteiger partial charge on any atom is -0.323 e. The fraction of sp³-hybridized carbons (Fsp3) is 0.0714. The summed E-state index contributed by atoms with van der Waals surface area (Å²) in [7, 11) is 0. The molecule has 0 radical (unpaired) electrons. The van der Waals surface area contributed by atoms with Gasteiger partial charge in [0.2, 0.25) is 5.91 Å². The topological polar surface area (TPSA) is 62.3 Å². The van der Waals surface area contributed by atoms with Crippen molar-refractivity contribution in [1.82, 2.24) is 4.98 Å². The minimum absolute atomic E-state index is 0.00234. The van der Waals surface area contributed by atoms with E-state index in [1.807, 2.05) is 12.1 Å². The van der Waals surface area contributed by atoms with Gasteiger partial charge in [-0.2, -0.15) is 0 Å². The van der Waals surface area contributed by atoms with Crippen LogP contribution in [-0.4, -0.2) is 23.3 Å². The van der Waals surface area contributed by atoms with Crippen molar-refractivity contribution in [3.63, 3.8) is 0 Å². The molecule has 3 rings (SSSR count). The smallest absolute Gasteiger partial charge is 0.260 e. The van der Waals surface area contributed by atoms with Crippen molar-refractivity contribution in [3.05, 3.63) is 52.8 Å². The Hall–Kier alpha value is -2.21. The minimum atomic E-state index is -0.249. The molecule has 2 amide bonds. The lowest BCUT2D eigenvalue weighted by Gasteiger charge is -2.29. The van der Waals surface area contributed by atoms with E-state index >= 15 is 0 Å². The zero-order valence-corrected chi connectivity index (χ0v) is 11.9. The maximum Gasteiger partial charge on any atom is 0.260 e. The summed E-state index contributed by atoms with van der Waals surface area (Å²) in [6, 6.07) is 8.90. The summed E-state index contributed by atoms with van der Waals surface area (Å²) < 4.78 is 0.720. The van der Waals surface area contributed by atoms with Crippen LogP contribution in [0, 0.1) is 0 Å². The highest BCUT2D eigenvalue weighted by molar-refractivity contribution is 9.10. The van der Waals surface area contributed by atoms with Crippen LogP contribution in [0.3, 0.4) is 0 Å². The van der Waals surface area contributed by atoms with E-state index in [0.29, 0.717) is 16.9 Å². The van der Waals surface area contributed by atoms with Crippen LogP contribution in [0.2, 0.25) is 0 Å². The van der Waals surface area contributed by atoms with Crippen LogP contribution in [0.1, 0.15) is 10.4 Å². The number of carbonyl (C=O) groups excluding carboxylic acids is 2. The van der Waals surface area contributed by atoms with Gasteiger partial charge in [-0.15, -0.1) is 0 Å². The van der Waals surface area contributed by atoms with Crippen LogP contribution in [0.5, 0.6) is 0 Å². The average Bonchev–Trinajstić information content (AvgIpc) is 2.45. The number of amides is 2. The lowest BCUT2D eigenvalue weighted by Crippen LogP contribution is -2.42. The molecular formula is C14H10BrN3O2. The monoisotopic (exact) mass is 331 g/mol.